The molecule has 2 saturated heterocycles. The number of rotatable bonds is 3. The Labute approximate surface area is 148 Å². The number of ether oxygens (including phenoxy) is 1. The molecule has 3 heterocycles. The van der Waals surface area contributed by atoms with Crippen molar-refractivity contribution in [2.75, 3.05) is 0 Å². The van der Waals surface area contributed by atoms with Crippen LogP contribution in [0.3, 0.4) is 0 Å². The van der Waals surface area contributed by atoms with Crippen LogP contribution in [0, 0.1) is 0 Å². The smallest absolute Gasteiger partial charge is 0.410 e. The third kappa shape index (κ3) is 3.96. The second kappa shape index (κ2) is 6.69. The van der Waals surface area contributed by atoms with E-state index in [0.29, 0.717) is 17.9 Å². The SMILES string of the molecule is CCc1cc(C(=O)NC2CC3CCC(C2)N3C(=O)OC(C)(C)C)no1. The lowest BCUT2D eigenvalue weighted by Gasteiger charge is -2.39. The van der Waals surface area contributed by atoms with Crippen molar-refractivity contribution in [3.05, 3.63) is 17.5 Å². The van der Waals surface area contributed by atoms with Crippen LogP contribution in [0.4, 0.5) is 4.79 Å². The number of amides is 2. The molecule has 0 radical (unpaired) electrons. The molecule has 0 saturated carbocycles. The molecule has 3 rings (SSSR count). The number of hydrogen-bond acceptors (Lipinski definition) is 5. The third-order valence-corrected chi connectivity index (χ3v) is 4.81. The van der Waals surface area contributed by atoms with E-state index in [-0.39, 0.29) is 30.1 Å². The summed E-state index contributed by atoms with van der Waals surface area (Å²) in [4.78, 5) is 26.7. The molecule has 2 bridgehead atoms. The molecular weight excluding hydrogens is 322 g/mol. The maximum atomic E-state index is 12.5. The van der Waals surface area contributed by atoms with E-state index in [0.717, 1.165) is 25.7 Å². The number of nitrogens with one attached hydrogen (secondary N) is 1. The van der Waals surface area contributed by atoms with E-state index < -0.39 is 5.60 Å². The second-order valence-corrected chi connectivity index (χ2v) is 7.95. The van der Waals surface area contributed by atoms with Crippen LogP contribution in [0.5, 0.6) is 0 Å². The lowest BCUT2D eigenvalue weighted by molar-refractivity contribution is 0.00499. The van der Waals surface area contributed by atoms with Gasteiger partial charge in [0.2, 0.25) is 0 Å². The topological polar surface area (TPSA) is 84.7 Å². The van der Waals surface area contributed by atoms with Crippen LogP contribution >= 0.6 is 0 Å². The predicted octanol–water partition coefficient (Wildman–Crippen LogP) is 2.90. The van der Waals surface area contributed by atoms with Crippen LogP contribution in [-0.4, -0.2) is 45.8 Å². The molecule has 25 heavy (non-hydrogen) atoms. The molecule has 2 atom stereocenters. The highest BCUT2D eigenvalue weighted by Gasteiger charge is 2.45. The number of carbonyl (C=O) groups is 2. The summed E-state index contributed by atoms with van der Waals surface area (Å²) in [6.07, 6.45) is 3.88. The number of aryl methyl sites for hydroxylation is 1. The fourth-order valence-corrected chi connectivity index (χ4v) is 3.75. The molecule has 0 aromatic carbocycles. The van der Waals surface area contributed by atoms with Crippen LogP contribution in [0.25, 0.3) is 0 Å². The van der Waals surface area contributed by atoms with Gasteiger partial charge in [0.25, 0.3) is 5.91 Å². The minimum atomic E-state index is -0.495. The second-order valence-electron chi connectivity index (χ2n) is 7.95. The molecule has 138 valence electrons. The van der Waals surface area contributed by atoms with Gasteiger partial charge in [0, 0.05) is 30.6 Å². The first-order chi connectivity index (χ1) is 11.8. The Morgan fingerprint density at radius 3 is 2.48 bits per heavy atom. The molecule has 0 spiro atoms. The molecule has 2 aliphatic heterocycles. The van der Waals surface area contributed by atoms with E-state index in [1.54, 1.807) is 6.07 Å². The first-order valence-corrected chi connectivity index (χ1v) is 9.04. The zero-order valence-electron chi connectivity index (χ0n) is 15.4. The van der Waals surface area contributed by atoms with E-state index in [1.165, 1.54) is 0 Å². The maximum absolute atomic E-state index is 12.5. The van der Waals surface area contributed by atoms with Crippen molar-refractivity contribution < 1.29 is 18.8 Å². The largest absolute Gasteiger partial charge is 0.444 e. The third-order valence-electron chi connectivity index (χ3n) is 4.81. The van der Waals surface area contributed by atoms with Gasteiger partial charge in [-0.3, -0.25) is 4.79 Å². The minimum Gasteiger partial charge on any atom is -0.444 e. The summed E-state index contributed by atoms with van der Waals surface area (Å²) in [7, 11) is 0. The van der Waals surface area contributed by atoms with Gasteiger partial charge in [0.15, 0.2) is 5.69 Å². The molecule has 1 aromatic heterocycles. The van der Waals surface area contributed by atoms with E-state index >= 15 is 0 Å². The number of nitrogens with zero attached hydrogens (tertiary/aromatic N) is 2. The van der Waals surface area contributed by atoms with E-state index in [2.05, 4.69) is 10.5 Å². The minimum absolute atomic E-state index is 0.0467. The fraction of sp³-hybridized carbons (Fsp3) is 0.722. The quantitative estimate of drug-likeness (QED) is 0.907. The van der Waals surface area contributed by atoms with Crippen molar-refractivity contribution in [1.29, 1.82) is 0 Å². The Hall–Kier alpha value is -2.05. The molecule has 0 aliphatic carbocycles. The van der Waals surface area contributed by atoms with Crippen LogP contribution in [0.2, 0.25) is 0 Å². The summed E-state index contributed by atoms with van der Waals surface area (Å²) in [5.41, 5.74) is -0.176. The van der Waals surface area contributed by atoms with Crippen LogP contribution in [0.15, 0.2) is 10.6 Å². The molecular formula is C18H27N3O4. The van der Waals surface area contributed by atoms with Gasteiger partial charge in [0.05, 0.1) is 0 Å². The highest BCUT2D eigenvalue weighted by molar-refractivity contribution is 5.92. The zero-order chi connectivity index (χ0) is 18.2. The molecule has 7 nitrogen and oxygen atoms in total. The van der Waals surface area contributed by atoms with Gasteiger partial charge in [0.1, 0.15) is 11.4 Å². The lowest BCUT2D eigenvalue weighted by atomic mass is 9.97. The first-order valence-electron chi connectivity index (χ1n) is 9.04. The average molecular weight is 349 g/mol. The Kier molecular flexibility index (Phi) is 4.75. The summed E-state index contributed by atoms with van der Waals surface area (Å²) in [6, 6.07) is 1.98. The summed E-state index contributed by atoms with van der Waals surface area (Å²) in [5.74, 6) is 0.489. The fourth-order valence-electron chi connectivity index (χ4n) is 3.75. The maximum Gasteiger partial charge on any atom is 0.410 e. The lowest BCUT2D eigenvalue weighted by Crippen LogP contribution is -2.53. The van der Waals surface area contributed by atoms with Crippen LogP contribution in [-0.2, 0) is 11.2 Å². The van der Waals surface area contributed by atoms with Gasteiger partial charge in [-0.25, -0.2) is 4.79 Å². The number of carbonyl (C=O) groups excluding carboxylic acids is 2. The van der Waals surface area contributed by atoms with Gasteiger partial charge in [-0.1, -0.05) is 12.1 Å². The number of aromatic nitrogens is 1. The zero-order valence-corrected chi connectivity index (χ0v) is 15.4. The molecule has 2 unspecified atom stereocenters. The van der Waals surface area contributed by atoms with Gasteiger partial charge >= 0.3 is 6.09 Å². The van der Waals surface area contributed by atoms with Crippen molar-refractivity contribution in [2.45, 2.75) is 83.5 Å². The van der Waals surface area contributed by atoms with E-state index in [1.807, 2.05) is 32.6 Å². The van der Waals surface area contributed by atoms with Gasteiger partial charge < -0.3 is 19.5 Å². The molecule has 1 aromatic rings. The van der Waals surface area contributed by atoms with Crippen molar-refractivity contribution >= 4 is 12.0 Å². The van der Waals surface area contributed by atoms with E-state index in [9.17, 15) is 9.59 Å². The Morgan fingerprint density at radius 1 is 1.32 bits per heavy atom. The highest BCUT2D eigenvalue weighted by Crippen LogP contribution is 2.36. The molecule has 7 heteroatoms. The molecule has 2 fully saturated rings. The van der Waals surface area contributed by atoms with Crippen molar-refractivity contribution in [3.8, 4) is 0 Å². The summed E-state index contributed by atoms with van der Waals surface area (Å²) >= 11 is 0. The summed E-state index contributed by atoms with van der Waals surface area (Å²) in [5, 5.41) is 6.86. The first kappa shape index (κ1) is 17.8. The Bertz CT molecular complexity index is 635. The van der Waals surface area contributed by atoms with Crippen molar-refractivity contribution in [1.82, 2.24) is 15.4 Å². The number of hydrogen-bond donors (Lipinski definition) is 1. The molecule has 1 N–H and O–H groups in total. The highest BCUT2D eigenvalue weighted by atomic mass is 16.6. The number of piperidine rings is 1. The average Bonchev–Trinajstić information content (AvgIpc) is 3.09. The monoisotopic (exact) mass is 349 g/mol. The molecule has 2 aliphatic rings. The standard InChI is InChI=1S/C18H27N3O4/c1-5-14-10-15(20-25-14)16(22)19-11-8-12-6-7-13(9-11)21(12)17(23)24-18(2,3)4/h10-13H,5-9H2,1-4H3,(H,19,22). The van der Waals surface area contributed by atoms with Crippen molar-refractivity contribution in [3.63, 3.8) is 0 Å². The normalized spacial score (nSPS) is 25.8. The van der Waals surface area contributed by atoms with E-state index in [4.69, 9.17) is 9.26 Å². The van der Waals surface area contributed by atoms with Crippen LogP contribution < -0.4 is 5.32 Å². The predicted molar refractivity (Wildman–Crippen MR) is 91.3 cm³/mol. The number of fused-ring (bicyclic) bond motifs is 2. The Balaban J connectivity index is 1.60. The van der Waals surface area contributed by atoms with Crippen molar-refractivity contribution in [2.24, 2.45) is 0 Å². The molecule has 2 amide bonds. The summed E-state index contributed by atoms with van der Waals surface area (Å²) in [6.45, 7) is 7.58. The van der Waals surface area contributed by atoms with Gasteiger partial charge in [-0.2, -0.15) is 0 Å². The Morgan fingerprint density at radius 2 is 1.96 bits per heavy atom. The summed E-state index contributed by atoms with van der Waals surface area (Å²) < 4.78 is 10.6. The van der Waals surface area contributed by atoms with Gasteiger partial charge in [-0.15, -0.1) is 0 Å². The van der Waals surface area contributed by atoms with Crippen LogP contribution in [0.1, 0.15) is 69.6 Å². The van der Waals surface area contributed by atoms with Gasteiger partial charge in [-0.05, 0) is 46.5 Å².